The summed E-state index contributed by atoms with van der Waals surface area (Å²) in [7, 11) is 1.58. The fourth-order valence-electron chi connectivity index (χ4n) is 0.986. The van der Waals surface area contributed by atoms with Crippen molar-refractivity contribution in [3.8, 4) is 5.88 Å². The lowest BCUT2D eigenvalue weighted by atomic mass is 10.3. The summed E-state index contributed by atoms with van der Waals surface area (Å²) < 4.78 is 4.93. The Kier molecular flexibility index (Phi) is 4.19. The first-order valence-corrected chi connectivity index (χ1v) is 4.68. The van der Waals surface area contributed by atoms with E-state index in [1.165, 1.54) is 0 Å². The minimum absolute atomic E-state index is 0.308. The molecule has 0 aliphatic rings. The van der Waals surface area contributed by atoms with Crippen molar-refractivity contribution in [1.82, 2.24) is 4.98 Å². The van der Waals surface area contributed by atoms with Crippen LogP contribution in [0.15, 0.2) is 18.3 Å². The summed E-state index contributed by atoms with van der Waals surface area (Å²) in [6.07, 6.45) is 2.12. The third-order valence-corrected chi connectivity index (χ3v) is 1.96. The van der Waals surface area contributed by atoms with E-state index in [0.29, 0.717) is 12.4 Å². The van der Waals surface area contributed by atoms with Crippen molar-refractivity contribution >= 4 is 5.69 Å². The van der Waals surface area contributed by atoms with E-state index in [0.717, 1.165) is 12.1 Å². The van der Waals surface area contributed by atoms with Crippen LogP contribution >= 0.6 is 0 Å². The van der Waals surface area contributed by atoms with Crippen molar-refractivity contribution in [3.05, 3.63) is 18.3 Å². The topological polar surface area (TPSA) is 54.4 Å². The van der Waals surface area contributed by atoms with E-state index < -0.39 is 0 Å². The molecule has 1 unspecified atom stereocenters. The van der Waals surface area contributed by atoms with E-state index in [1.807, 2.05) is 13.0 Å². The predicted molar refractivity (Wildman–Crippen MR) is 55.6 cm³/mol. The standard InChI is InChI=1S/C10H16N2O2/c1-3-9(13)7-11-8-4-5-10(14-2)12-6-8/h4-6,9,11,13H,3,7H2,1-2H3. The molecule has 0 bridgehead atoms. The van der Waals surface area contributed by atoms with Crippen molar-refractivity contribution in [2.75, 3.05) is 19.0 Å². The van der Waals surface area contributed by atoms with E-state index in [9.17, 15) is 5.11 Å². The first-order chi connectivity index (χ1) is 6.76. The van der Waals surface area contributed by atoms with Crippen LogP contribution in [0.4, 0.5) is 5.69 Å². The Morgan fingerprint density at radius 2 is 2.36 bits per heavy atom. The number of anilines is 1. The molecule has 1 aromatic heterocycles. The Morgan fingerprint density at radius 1 is 1.57 bits per heavy atom. The van der Waals surface area contributed by atoms with Crippen molar-refractivity contribution in [1.29, 1.82) is 0 Å². The van der Waals surface area contributed by atoms with Crippen LogP contribution in [0.3, 0.4) is 0 Å². The highest BCUT2D eigenvalue weighted by molar-refractivity contribution is 5.41. The molecule has 2 N–H and O–H groups in total. The van der Waals surface area contributed by atoms with Gasteiger partial charge in [0.2, 0.25) is 5.88 Å². The van der Waals surface area contributed by atoms with Gasteiger partial charge in [0.25, 0.3) is 0 Å². The lowest BCUT2D eigenvalue weighted by molar-refractivity contribution is 0.183. The van der Waals surface area contributed by atoms with Crippen molar-refractivity contribution in [2.45, 2.75) is 19.4 Å². The highest BCUT2D eigenvalue weighted by Crippen LogP contribution is 2.10. The van der Waals surface area contributed by atoms with Gasteiger partial charge in [-0.3, -0.25) is 0 Å². The summed E-state index contributed by atoms with van der Waals surface area (Å²) in [6, 6.07) is 3.65. The third-order valence-electron chi connectivity index (χ3n) is 1.96. The molecule has 0 aromatic carbocycles. The Bertz CT molecular complexity index is 261. The summed E-state index contributed by atoms with van der Waals surface area (Å²) >= 11 is 0. The molecule has 78 valence electrons. The largest absolute Gasteiger partial charge is 0.481 e. The Hall–Kier alpha value is -1.29. The van der Waals surface area contributed by atoms with Crippen LogP contribution < -0.4 is 10.1 Å². The van der Waals surface area contributed by atoms with Gasteiger partial charge in [0, 0.05) is 12.6 Å². The summed E-state index contributed by atoms with van der Waals surface area (Å²) in [6.45, 7) is 2.49. The number of aliphatic hydroxyl groups excluding tert-OH is 1. The van der Waals surface area contributed by atoms with Gasteiger partial charge in [-0.15, -0.1) is 0 Å². The number of pyridine rings is 1. The van der Waals surface area contributed by atoms with Gasteiger partial charge < -0.3 is 15.2 Å². The maximum Gasteiger partial charge on any atom is 0.213 e. The number of hydrogen-bond acceptors (Lipinski definition) is 4. The number of nitrogens with one attached hydrogen (secondary N) is 1. The Balaban J connectivity index is 2.43. The van der Waals surface area contributed by atoms with E-state index in [-0.39, 0.29) is 6.10 Å². The first kappa shape index (κ1) is 10.8. The minimum Gasteiger partial charge on any atom is -0.481 e. The van der Waals surface area contributed by atoms with Gasteiger partial charge >= 0.3 is 0 Å². The SMILES string of the molecule is CCC(O)CNc1ccc(OC)nc1. The van der Waals surface area contributed by atoms with Crippen LogP contribution in [0.25, 0.3) is 0 Å². The molecule has 1 heterocycles. The van der Waals surface area contributed by atoms with Gasteiger partial charge in [-0.05, 0) is 12.5 Å². The molecule has 0 amide bonds. The highest BCUT2D eigenvalue weighted by Gasteiger charge is 2.00. The Labute approximate surface area is 83.9 Å². The van der Waals surface area contributed by atoms with Gasteiger partial charge in [0.05, 0.1) is 25.1 Å². The van der Waals surface area contributed by atoms with E-state index in [1.54, 1.807) is 19.4 Å². The molecule has 0 saturated heterocycles. The molecular formula is C10H16N2O2. The fourth-order valence-corrected chi connectivity index (χ4v) is 0.986. The van der Waals surface area contributed by atoms with E-state index in [2.05, 4.69) is 10.3 Å². The van der Waals surface area contributed by atoms with Crippen molar-refractivity contribution < 1.29 is 9.84 Å². The minimum atomic E-state index is -0.308. The summed E-state index contributed by atoms with van der Waals surface area (Å²) in [5, 5.41) is 12.4. The quantitative estimate of drug-likeness (QED) is 0.744. The number of ether oxygens (including phenoxy) is 1. The van der Waals surface area contributed by atoms with Gasteiger partial charge in [-0.25, -0.2) is 4.98 Å². The molecule has 0 saturated carbocycles. The summed E-state index contributed by atoms with van der Waals surface area (Å²) in [5.41, 5.74) is 0.887. The predicted octanol–water partition coefficient (Wildman–Crippen LogP) is 1.27. The van der Waals surface area contributed by atoms with Crippen LogP contribution in [-0.4, -0.2) is 29.8 Å². The molecule has 4 heteroatoms. The van der Waals surface area contributed by atoms with Crippen LogP contribution in [-0.2, 0) is 0 Å². The summed E-state index contributed by atoms with van der Waals surface area (Å²) in [4.78, 5) is 4.03. The normalized spacial score (nSPS) is 12.2. The molecule has 1 aromatic rings. The van der Waals surface area contributed by atoms with Gasteiger partial charge in [0.15, 0.2) is 0 Å². The molecule has 14 heavy (non-hydrogen) atoms. The maximum absolute atomic E-state index is 9.31. The molecule has 0 aliphatic heterocycles. The highest BCUT2D eigenvalue weighted by atomic mass is 16.5. The average molecular weight is 196 g/mol. The Morgan fingerprint density at radius 3 is 2.86 bits per heavy atom. The first-order valence-electron chi connectivity index (χ1n) is 4.68. The lowest BCUT2D eigenvalue weighted by Gasteiger charge is -2.10. The zero-order valence-corrected chi connectivity index (χ0v) is 8.53. The van der Waals surface area contributed by atoms with Crippen LogP contribution in [0.1, 0.15) is 13.3 Å². The molecule has 0 fully saturated rings. The lowest BCUT2D eigenvalue weighted by Crippen LogP contribution is -2.18. The number of methoxy groups -OCH3 is 1. The van der Waals surface area contributed by atoms with Gasteiger partial charge in [-0.2, -0.15) is 0 Å². The van der Waals surface area contributed by atoms with Crippen LogP contribution in [0.5, 0.6) is 5.88 Å². The third kappa shape index (κ3) is 3.22. The molecule has 1 atom stereocenters. The zero-order chi connectivity index (χ0) is 10.4. The van der Waals surface area contributed by atoms with Crippen molar-refractivity contribution in [3.63, 3.8) is 0 Å². The summed E-state index contributed by atoms with van der Waals surface area (Å²) in [5.74, 6) is 0.589. The second kappa shape index (κ2) is 5.44. The molecular weight excluding hydrogens is 180 g/mol. The average Bonchev–Trinajstić information content (AvgIpc) is 2.26. The van der Waals surface area contributed by atoms with Gasteiger partial charge in [-0.1, -0.05) is 6.92 Å². The van der Waals surface area contributed by atoms with E-state index in [4.69, 9.17) is 4.74 Å². The number of aromatic nitrogens is 1. The molecule has 4 nitrogen and oxygen atoms in total. The molecule has 1 rings (SSSR count). The van der Waals surface area contributed by atoms with Crippen molar-refractivity contribution in [2.24, 2.45) is 0 Å². The van der Waals surface area contributed by atoms with Gasteiger partial charge in [0.1, 0.15) is 0 Å². The maximum atomic E-state index is 9.31. The monoisotopic (exact) mass is 196 g/mol. The molecule has 0 spiro atoms. The second-order valence-corrected chi connectivity index (χ2v) is 3.03. The number of rotatable bonds is 5. The number of aliphatic hydroxyl groups is 1. The van der Waals surface area contributed by atoms with E-state index >= 15 is 0 Å². The number of hydrogen-bond donors (Lipinski definition) is 2. The smallest absolute Gasteiger partial charge is 0.213 e. The second-order valence-electron chi connectivity index (χ2n) is 3.03. The van der Waals surface area contributed by atoms with Crippen LogP contribution in [0.2, 0.25) is 0 Å². The number of nitrogens with zero attached hydrogens (tertiary/aromatic N) is 1. The molecule has 0 aliphatic carbocycles. The fraction of sp³-hybridized carbons (Fsp3) is 0.500. The molecule has 0 radical (unpaired) electrons. The van der Waals surface area contributed by atoms with Crippen LogP contribution in [0, 0.1) is 0 Å². The zero-order valence-electron chi connectivity index (χ0n) is 8.53.